The van der Waals surface area contributed by atoms with Gasteiger partial charge in [0.1, 0.15) is 0 Å². The summed E-state index contributed by atoms with van der Waals surface area (Å²) in [5, 5.41) is 0. The van der Waals surface area contributed by atoms with E-state index >= 15 is 0 Å². The summed E-state index contributed by atoms with van der Waals surface area (Å²) in [6.07, 6.45) is -0.334. The molecule has 0 aliphatic carbocycles. The molecule has 5 nitrogen and oxygen atoms in total. The molecule has 1 aromatic carbocycles. The van der Waals surface area contributed by atoms with Crippen LogP contribution in [0.3, 0.4) is 0 Å². The highest BCUT2D eigenvalue weighted by Gasteiger charge is 2.22. The van der Waals surface area contributed by atoms with Crippen molar-refractivity contribution in [1.82, 2.24) is 4.90 Å². The van der Waals surface area contributed by atoms with Gasteiger partial charge in [0.05, 0.1) is 0 Å². The fraction of sp³-hybridized carbons (Fsp3) is 0.333. The second-order valence-corrected chi connectivity index (χ2v) is 5.22. The smallest absolute Gasteiger partial charge is 0.521 e. The summed E-state index contributed by atoms with van der Waals surface area (Å²) in [7, 11) is -4.94. The van der Waals surface area contributed by atoms with Gasteiger partial charge in [-0.3, -0.25) is 0 Å². The molecule has 1 aromatic rings. The monoisotopic (exact) mass is 260 g/mol. The third-order valence-electron chi connectivity index (χ3n) is 1.89. The van der Waals surface area contributed by atoms with Crippen LogP contribution >= 0.6 is 16.1 Å². The Morgan fingerprint density at radius 2 is 1.81 bits per heavy atom. The van der Waals surface area contributed by atoms with Crippen LogP contribution in [0, 0.1) is 0 Å². The summed E-state index contributed by atoms with van der Waals surface area (Å²) in [6, 6.07) is 9.21. The van der Waals surface area contributed by atoms with E-state index in [-0.39, 0.29) is 12.6 Å². The molecule has 7 heteroatoms. The Balaban J connectivity index is 2.63. The predicted molar refractivity (Wildman–Crippen MR) is 59.2 cm³/mol. The van der Waals surface area contributed by atoms with E-state index in [1.807, 2.05) is 30.3 Å². The van der Waals surface area contributed by atoms with Crippen LogP contribution in [-0.2, 0) is 15.7 Å². The van der Waals surface area contributed by atoms with Crippen molar-refractivity contribution in [3.05, 3.63) is 35.9 Å². The zero-order chi connectivity index (χ0) is 12.0. The molecule has 0 aromatic heterocycles. The van der Waals surface area contributed by atoms with Crippen LogP contribution in [0.15, 0.2) is 30.3 Å². The van der Waals surface area contributed by atoms with E-state index in [9.17, 15) is 14.0 Å². The van der Waals surface area contributed by atoms with Crippen LogP contribution in [-0.4, -0.2) is 22.4 Å². The summed E-state index contributed by atoms with van der Waals surface area (Å²) in [6.45, 7) is 0.353. The topological polar surface area (TPSA) is 80.7 Å². The standard InChI is InChI=1S/C9H11NO4P2/c11-15(12)7-10(8-16(13)14)6-9-4-2-1-3-5-9/h1-5H,6-8H2/p+1. The third-order valence-corrected chi connectivity index (χ3v) is 3.16. The minimum Gasteiger partial charge on any atom is -0.594 e. The lowest BCUT2D eigenvalue weighted by atomic mass is 10.2. The molecule has 1 N–H and O–H groups in total. The van der Waals surface area contributed by atoms with Crippen LogP contribution in [0.1, 0.15) is 5.56 Å². The van der Waals surface area contributed by atoms with E-state index < -0.39 is 16.1 Å². The van der Waals surface area contributed by atoms with Crippen LogP contribution in [0.25, 0.3) is 0 Å². The van der Waals surface area contributed by atoms with Gasteiger partial charge in [0.25, 0.3) is 0 Å². The molecule has 0 bridgehead atoms. The fourth-order valence-electron chi connectivity index (χ4n) is 1.32. The second-order valence-electron chi connectivity index (χ2n) is 3.28. The lowest BCUT2D eigenvalue weighted by molar-refractivity contribution is -0.166. The summed E-state index contributed by atoms with van der Waals surface area (Å²) < 4.78 is 21.3. The highest BCUT2D eigenvalue weighted by Crippen LogP contribution is 2.21. The van der Waals surface area contributed by atoms with Gasteiger partial charge in [-0.25, -0.2) is 4.90 Å². The van der Waals surface area contributed by atoms with Gasteiger partial charge < -0.3 is 4.89 Å². The van der Waals surface area contributed by atoms with Gasteiger partial charge in [0.15, 0.2) is 6.29 Å². The van der Waals surface area contributed by atoms with Crippen LogP contribution < -0.4 is 4.89 Å². The summed E-state index contributed by atoms with van der Waals surface area (Å²) in [5.41, 5.74) is 0.913. The Bertz CT molecular complexity index is 355. The lowest BCUT2D eigenvalue weighted by Crippen LogP contribution is -2.23. The first kappa shape index (κ1) is 13.4. The van der Waals surface area contributed by atoms with Crippen molar-refractivity contribution in [2.24, 2.45) is 0 Å². The van der Waals surface area contributed by atoms with Gasteiger partial charge in [-0.15, -0.1) is 0 Å². The minimum absolute atomic E-state index is 0.131. The highest BCUT2D eigenvalue weighted by atomic mass is 31.1. The van der Waals surface area contributed by atoms with Crippen LogP contribution in [0.5, 0.6) is 0 Å². The van der Waals surface area contributed by atoms with Gasteiger partial charge in [-0.2, -0.15) is 4.89 Å². The van der Waals surface area contributed by atoms with Gasteiger partial charge in [0.2, 0.25) is 6.29 Å². The minimum atomic E-state index is -2.58. The normalized spacial score (nSPS) is 12.7. The zero-order valence-electron chi connectivity index (χ0n) is 8.52. The molecule has 0 heterocycles. The molecule has 0 spiro atoms. The molecule has 0 fully saturated rings. The first-order chi connectivity index (χ1) is 7.58. The Kier molecular flexibility index (Phi) is 5.67. The van der Waals surface area contributed by atoms with Gasteiger partial charge in [-0.05, 0) is 10.1 Å². The number of nitrogens with zero attached hydrogens (tertiary/aromatic N) is 1. The van der Waals surface area contributed by atoms with Crippen molar-refractivity contribution < 1.29 is 18.9 Å². The maximum atomic E-state index is 10.7. The number of hydrogen-bond donors (Lipinski definition) is 1. The van der Waals surface area contributed by atoms with Crippen molar-refractivity contribution in [3.8, 4) is 0 Å². The number of rotatable bonds is 6. The summed E-state index contributed by atoms with van der Waals surface area (Å²) in [5.74, 6) is 0. The Morgan fingerprint density at radius 1 is 1.19 bits per heavy atom. The van der Waals surface area contributed by atoms with Gasteiger partial charge in [-0.1, -0.05) is 34.9 Å². The van der Waals surface area contributed by atoms with Crippen molar-refractivity contribution >= 4 is 16.1 Å². The molecule has 0 saturated carbocycles. The van der Waals surface area contributed by atoms with Crippen molar-refractivity contribution in [2.45, 2.75) is 6.54 Å². The van der Waals surface area contributed by atoms with E-state index in [1.54, 1.807) is 0 Å². The average Bonchev–Trinajstić information content (AvgIpc) is 2.16. The SMILES string of the molecule is O=[P+]([O-])CN(Cc1ccccc1)C[P+](=O)O. The van der Waals surface area contributed by atoms with Crippen LogP contribution in [0.2, 0.25) is 0 Å². The first-order valence-electron chi connectivity index (χ1n) is 4.59. The van der Waals surface area contributed by atoms with Crippen molar-refractivity contribution in [2.75, 3.05) is 12.6 Å². The molecule has 16 heavy (non-hydrogen) atoms. The molecule has 0 saturated heterocycles. The van der Waals surface area contributed by atoms with E-state index in [0.717, 1.165) is 5.56 Å². The molecule has 0 aliphatic heterocycles. The van der Waals surface area contributed by atoms with E-state index in [4.69, 9.17) is 4.89 Å². The van der Waals surface area contributed by atoms with E-state index in [0.29, 0.717) is 6.54 Å². The van der Waals surface area contributed by atoms with E-state index in [2.05, 4.69) is 0 Å². The lowest BCUT2D eigenvalue weighted by Gasteiger charge is -2.11. The molecule has 2 atom stereocenters. The summed E-state index contributed by atoms with van der Waals surface area (Å²) in [4.78, 5) is 20.8. The molecule has 0 radical (unpaired) electrons. The maximum absolute atomic E-state index is 10.7. The molecule has 1 rings (SSSR count). The molecule has 0 aliphatic rings. The quantitative estimate of drug-likeness (QED) is 0.778. The molecule has 0 amide bonds. The number of hydrogen-bond acceptors (Lipinski definition) is 4. The predicted octanol–water partition coefficient (Wildman–Crippen LogP) is 1.24. The Morgan fingerprint density at radius 3 is 2.31 bits per heavy atom. The Hall–Kier alpha value is -0.700. The van der Waals surface area contributed by atoms with Gasteiger partial charge in [0, 0.05) is 6.54 Å². The fourth-order valence-corrected chi connectivity index (χ4v) is 2.55. The first-order valence-corrected chi connectivity index (χ1v) is 7.35. The highest BCUT2D eigenvalue weighted by molar-refractivity contribution is 7.38. The maximum Gasteiger partial charge on any atom is 0.521 e. The van der Waals surface area contributed by atoms with E-state index in [1.165, 1.54) is 4.90 Å². The third kappa shape index (κ3) is 5.40. The second kappa shape index (κ2) is 6.79. The Labute approximate surface area is 95.5 Å². The van der Waals surface area contributed by atoms with Crippen molar-refractivity contribution in [3.63, 3.8) is 0 Å². The zero-order valence-corrected chi connectivity index (χ0v) is 10.3. The molecular weight excluding hydrogens is 248 g/mol. The van der Waals surface area contributed by atoms with Crippen molar-refractivity contribution in [1.29, 1.82) is 0 Å². The largest absolute Gasteiger partial charge is 0.594 e. The molecular formula is C9H12NO4P2+. The van der Waals surface area contributed by atoms with Gasteiger partial charge >= 0.3 is 16.1 Å². The summed E-state index contributed by atoms with van der Waals surface area (Å²) >= 11 is 0. The molecule has 86 valence electrons. The number of benzene rings is 1. The average molecular weight is 260 g/mol. The van der Waals surface area contributed by atoms with Crippen LogP contribution in [0.4, 0.5) is 0 Å². The molecule has 2 unspecified atom stereocenters.